The van der Waals surface area contributed by atoms with Crippen LogP contribution in [0, 0.1) is 17.8 Å². The van der Waals surface area contributed by atoms with Crippen LogP contribution in [0.1, 0.15) is 75.8 Å². The van der Waals surface area contributed by atoms with Crippen LogP contribution in [-0.4, -0.2) is 17.2 Å². The molecule has 2 aliphatic carbocycles. The first-order valence-corrected chi connectivity index (χ1v) is 11.6. The lowest BCUT2D eigenvalue weighted by molar-refractivity contribution is -0.146. The third kappa shape index (κ3) is 4.89. The minimum atomic E-state index is -4.51. The summed E-state index contributed by atoms with van der Waals surface area (Å²) in [6, 6.07) is 8.48. The summed E-state index contributed by atoms with van der Waals surface area (Å²) in [6.07, 6.45) is 0.925. The number of benzene rings is 2. The topological polar surface area (TPSA) is 46.5 Å². The van der Waals surface area contributed by atoms with Gasteiger partial charge in [-0.05, 0) is 85.1 Å². The van der Waals surface area contributed by atoms with Gasteiger partial charge in [-0.3, -0.25) is 4.79 Å². The van der Waals surface area contributed by atoms with E-state index >= 15 is 0 Å². The molecule has 2 saturated carbocycles. The Balaban J connectivity index is 1.60. The van der Waals surface area contributed by atoms with Crippen LogP contribution in [0.3, 0.4) is 0 Å². The van der Waals surface area contributed by atoms with Crippen molar-refractivity contribution in [1.82, 2.24) is 0 Å². The van der Waals surface area contributed by atoms with Gasteiger partial charge in [0, 0.05) is 0 Å². The zero-order valence-corrected chi connectivity index (χ0v) is 18.6. The molecule has 0 aliphatic heterocycles. The van der Waals surface area contributed by atoms with E-state index in [1.807, 2.05) is 13.0 Å². The second-order valence-corrected chi connectivity index (χ2v) is 9.93. The van der Waals surface area contributed by atoms with E-state index in [1.54, 1.807) is 18.2 Å². The summed E-state index contributed by atoms with van der Waals surface area (Å²) in [6.45, 7) is 4.17. The van der Waals surface area contributed by atoms with Gasteiger partial charge in [-0.15, -0.1) is 0 Å². The van der Waals surface area contributed by atoms with Crippen molar-refractivity contribution in [3.63, 3.8) is 0 Å². The number of carbonyl (C=O) groups is 1. The molecule has 1 N–H and O–H groups in total. The Morgan fingerprint density at radius 3 is 2.41 bits per heavy atom. The van der Waals surface area contributed by atoms with Crippen molar-refractivity contribution < 1.29 is 27.8 Å². The number of alkyl halides is 3. The Morgan fingerprint density at radius 1 is 1.12 bits per heavy atom. The van der Waals surface area contributed by atoms with Gasteiger partial charge in [-0.1, -0.05) is 38.1 Å². The van der Waals surface area contributed by atoms with Gasteiger partial charge in [-0.2, -0.15) is 13.2 Å². The normalized spacial score (nSPS) is 27.0. The molecule has 0 bridgehead atoms. The Hall–Kier alpha value is -2.24. The van der Waals surface area contributed by atoms with Crippen LogP contribution in [0.25, 0.3) is 10.8 Å². The highest BCUT2D eigenvalue weighted by Gasteiger charge is 2.38. The van der Waals surface area contributed by atoms with E-state index in [4.69, 9.17) is 9.84 Å². The van der Waals surface area contributed by atoms with Crippen LogP contribution in [0.15, 0.2) is 30.3 Å². The summed E-state index contributed by atoms with van der Waals surface area (Å²) in [5.41, 5.74) is 0.169. The summed E-state index contributed by atoms with van der Waals surface area (Å²) in [4.78, 5) is 11.0. The van der Waals surface area contributed by atoms with E-state index < -0.39 is 17.7 Å². The third-order valence-corrected chi connectivity index (χ3v) is 7.39. The zero-order chi connectivity index (χ0) is 23.0. The van der Waals surface area contributed by atoms with Gasteiger partial charge in [0.05, 0.1) is 12.0 Å². The van der Waals surface area contributed by atoms with Crippen LogP contribution in [0.5, 0.6) is 5.75 Å². The highest BCUT2D eigenvalue weighted by molar-refractivity contribution is 5.89. The zero-order valence-electron chi connectivity index (χ0n) is 18.6. The predicted molar refractivity (Wildman–Crippen MR) is 118 cm³/mol. The molecule has 0 saturated heterocycles. The highest BCUT2D eigenvalue weighted by atomic mass is 19.4. The number of aliphatic carboxylic acids is 1. The Bertz CT molecular complexity index is 970. The molecule has 1 atom stereocenters. The van der Waals surface area contributed by atoms with E-state index in [0.717, 1.165) is 37.7 Å². The average Bonchev–Trinajstić information content (AvgIpc) is 2.70. The number of hydrogen-bond acceptors (Lipinski definition) is 2. The van der Waals surface area contributed by atoms with Crippen molar-refractivity contribution in [1.29, 1.82) is 0 Å². The molecule has 2 aromatic rings. The fourth-order valence-electron chi connectivity index (χ4n) is 5.31. The summed E-state index contributed by atoms with van der Waals surface area (Å²) < 4.78 is 48.5. The second kappa shape index (κ2) is 8.95. The lowest BCUT2D eigenvalue weighted by Crippen LogP contribution is -2.31. The summed E-state index contributed by atoms with van der Waals surface area (Å²) in [5.74, 6) is -0.133. The van der Waals surface area contributed by atoms with Crippen LogP contribution in [0.2, 0.25) is 0 Å². The van der Waals surface area contributed by atoms with Gasteiger partial charge in [0.25, 0.3) is 0 Å². The maximum absolute atomic E-state index is 14.2. The van der Waals surface area contributed by atoms with E-state index in [-0.39, 0.29) is 29.1 Å². The molecule has 1 unspecified atom stereocenters. The average molecular weight is 449 g/mol. The maximum atomic E-state index is 14.2. The van der Waals surface area contributed by atoms with Gasteiger partial charge in [0.2, 0.25) is 0 Å². The number of carboxylic acids is 1. The Labute approximate surface area is 187 Å². The molecule has 2 aromatic carbocycles. The van der Waals surface area contributed by atoms with Crippen molar-refractivity contribution in [3.05, 3.63) is 41.5 Å². The Morgan fingerprint density at radius 2 is 1.78 bits per heavy atom. The smallest absolute Gasteiger partial charge is 0.420 e. The summed E-state index contributed by atoms with van der Waals surface area (Å²) in [5, 5.41) is 9.80. The van der Waals surface area contributed by atoms with Gasteiger partial charge < -0.3 is 9.84 Å². The van der Waals surface area contributed by atoms with E-state index in [2.05, 4.69) is 6.92 Å². The number of carboxylic acid groups (broad SMARTS) is 1. The van der Waals surface area contributed by atoms with Crippen LogP contribution >= 0.6 is 0 Å². The van der Waals surface area contributed by atoms with E-state index in [9.17, 15) is 18.0 Å². The lowest BCUT2D eigenvalue weighted by atomic mass is 9.70. The largest absolute Gasteiger partial charge is 0.490 e. The molecule has 174 valence electrons. The minimum Gasteiger partial charge on any atom is -0.490 e. The van der Waals surface area contributed by atoms with Crippen molar-refractivity contribution in [2.75, 3.05) is 0 Å². The van der Waals surface area contributed by atoms with Crippen molar-refractivity contribution in [2.45, 2.75) is 77.0 Å². The predicted octanol–water partition coefficient (Wildman–Crippen LogP) is 7.42. The summed E-state index contributed by atoms with van der Waals surface area (Å²) in [7, 11) is 0. The number of halogens is 3. The van der Waals surface area contributed by atoms with Crippen molar-refractivity contribution >= 4 is 16.7 Å². The van der Waals surface area contributed by atoms with E-state index in [1.165, 1.54) is 6.07 Å². The first-order valence-electron chi connectivity index (χ1n) is 11.6. The number of fused-ring (bicyclic) bond motifs is 1. The molecule has 0 radical (unpaired) electrons. The molecular weight excluding hydrogens is 417 g/mol. The standard InChI is InChI=1S/C26H31F3O3/c1-15-3-8-21(9-4-15)32-23-10-7-18-5-6-19(14-22(18)24(23)26(27,28)29)16(2)11-17-12-20(13-17)25(30)31/h5-7,10,14-17,20-21H,3-4,8-9,11-13H2,1-2H3,(H,30,31). The SMILES string of the molecule is CC1CCC(Oc2ccc3ccc(C(C)CC4CC(C(=O)O)C4)cc3c2C(F)(F)F)CC1. The van der Waals surface area contributed by atoms with Crippen molar-refractivity contribution in [3.8, 4) is 5.75 Å². The first-order chi connectivity index (χ1) is 15.1. The third-order valence-electron chi connectivity index (χ3n) is 7.39. The number of hydrogen-bond donors (Lipinski definition) is 1. The van der Waals surface area contributed by atoms with E-state index in [0.29, 0.717) is 30.1 Å². The van der Waals surface area contributed by atoms with Gasteiger partial charge in [-0.25, -0.2) is 0 Å². The monoisotopic (exact) mass is 448 g/mol. The molecule has 0 spiro atoms. The van der Waals surface area contributed by atoms with Crippen molar-refractivity contribution in [2.24, 2.45) is 17.8 Å². The Kier molecular flexibility index (Phi) is 6.42. The first kappa shape index (κ1) is 22.9. The lowest BCUT2D eigenvalue weighted by Gasteiger charge is -2.34. The van der Waals surface area contributed by atoms with Crippen LogP contribution in [-0.2, 0) is 11.0 Å². The number of ether oxygens (including phenoxy) is 1. The molecular formula is C26H31F3O3. The molecule has 0 heterocycles. The molecule has 3 nitrogen and oxygen atoms in total. The minimum absolute atomic E-state index is 0.0598. The fourth-order valence-corrected chi connectivity index (χ4v) is 5.31. The number of rotatable bonds is 6. The maximum Gasteiger partial charge on any atom is 0.420 e. The molecule has 2 fully saturated rings. The molecule has 32 heavy (non-hydrogen) atoms. The summed E-state index contributed by atoms with van der Waals surface area (Å²) >= 11 is 0. The van der Waals surface area contributed by atoms with Crippen LogP contribution < -0.4 is 4.74 Å². The highest BCUT2D eigenvalue weighted by Crippen LogP contribution is 2.44. The fraction of sp³-hybridized carbons (Fsp3) is 0.577. The van der Waals surface area contributed by atoms with Gasteiger partial charge in [0.15, 0.2) is 0 Å². The second-order valence-electron chi connectivity index (χ2n) is 9.93. The molecule has 2 aliphatic rings. The molecule has 6 heteroatoms. The molecule has 0 amide bonds. The molecule has 0 aromatic heterocycles. The van der Waals surface area contributed by atoms with Gasteiger partial charge >= 0.3 is 12.1 Å². The molecule has 4 rings (SSSR count). The quantitative estimate of drug-likeness (QED) is 0.500. The van der Waals surface area contributed by atoms with Gasteiger partial charge in [0.1, 0.15) is 11.3 Å². The van der Waals surface area contributed by atoms with Crippen LogP contribution in [0.4, 0.5) is 13.2 Å².